The molecule has 46 heavy (non-hydrogen) atoms. The number of piperazine rings is 1. The van der Waals surface area contributed by atoms with Crippen LogP contribution in [0, 0.1) is 5.41 Å². The lowest BCUT2D eigenvalue weighted by molar-refractivity contribution is -0.127. The molecule has 0 saturated carbocycles. The topological polar surface area (TPSA) is 228 Å². The number of tetrazole rings is 1. The Balaban J connectivity index is 1.25. The van der Waals surface area contributed by atoms with Crippen molar-refractivity contribution in [3.8, 4) is 0 Å². The quantitative estimate of drug-likeness (QED) is 0.132. The zero-order valence-electron chi connectivity index (χ0n) is 24.6. The smallest absolute Gasteiger partial charge is 0.412 e. The minimum atomic E-state index is -4.10. The number of ether oxygens (including phenoxy) is 1. The van der Waals surface area contributed by atoms with Crippen molar-refractivity contribution in [2.75, 3.05) is 26.7 Å². The lowest BCUT2D eigenvalue weighted by atomic mass is 10.1. The first-order valence-electron chi connectivity index (χ1n) is 14.0. The molecule has 20 heteroatoms. The van der Waals surface area contributed by atoms with Crippen LogP contribution in [0.15, 0.2) is 28.5 Å². The third-order valence-electron chi connectivity index (χ3n) is 7.58. The van der Waals surface area contributed by atoms with Gasteiger partial charge in [0.25, 0.3) is 15.9 Å². The minimum absolute atomic E-state index is 0.0343. The van der Waals surface area contributed by atoms with Gasteiger partial charge in [-0.15, -0.1) is 32.9 Å². The first-order valence-corrected chi connectivity index (χ1v) is 17.1. The van der Waals surface area contributed by atoms with Crippen LogP contribution in [0.4, 0.5) is 4.79 Å². The van der Waals surface area contributed by atoms with E-state index in [0.29, 0.717) is 28.6 Å². The van der Waals surface area contributed by atoms with E-state index in [1.807, 2.05) is 6.92 Å². The van der Waals surface area contributed by atoms with Gasteiger partial charge in [0, 0.05) is 53.8 Å². The third-order valence-corrected chi connectivity index (χ3v) is 12.1. The second-order valence-electron chi connectivity index (χ2n) is 10.6. The molecule has 2 unspecified atom stereocenters. The number of amidine groups is 1. The number of carbonyl (C=O) groups excluding carboxylic acids is 3. The van der Waals surface area contributed by atoms with Crippen LogP contribution in [0.5, 0.6) is 0 Å². The lowest BCUT2D eigenvalue weighted by Crippen LogP contribution is -2.61. The molecule has 17 nitrogen and oxygen atoms in total. The molecule has 5 heterocycles. The number of carbonyl (C=O) groups is 3. The summed E-state index contributed by atoms with van der Waals surface area (Å²) in [7, 11) is -2.91. The highest BCUT2D eigenvalue weighted by atomic mass is 32.2. The second-order valence-corrected chi connectivity index (χ2v) is 14.9. The van der Waals surface area contributed by atoms with Crippen molar-refractivity contribution < 1.29 is 27.5 Å². The molecule has 2 aliphatic heterocycles. The van der Waals surface area contributed by atoms with Gasteiger partial charge in [-0.3, -0.25) is 20.3 Å². The van der Waals surface area contributed by atoms with E-state index in [1.165, 1.54) is 33.7 Å². The monoisotopic (exact) mass is 687 g/mol. The van der Waals surface area contributed by atoms with Crippen LogP contribution >= 0.6 is 22.7 Å². The van der Waals surface area contributed by atoms with Crippen LogP contribution < -0.4 is 16.0 Å². The van der Waals surface area contributed by atoms with E-state index in [2.05, 4.69) is 46.3 Å². The van der Waals surface area contributed by atoms with Crippen LogP contribution in [-0.2, 0) is 39.1 Å². The first-order chi connectivity index (χ1) is 22.0. The summed E-state index contributed by atoms with van der Waals surface area (Å²) in [4.78, 5) is 45.8. The van der Waals surface area contributed by atoms with E-state index in [-0.39, 0.29) is 53.1 Å². The number of nitrogens with one attached hydrogen (secondary N) is 5. The zero-order valence-corrected chi connectivity index (χ0v) is 27.0. The molecule has 0 bridgehead atoms. The van der Waals surface area contributed by atoms with E-state index in [4.69, 9.17) is 5.41 Å². The average molecular weight is 688 g/mol. The van der Waals surface area contributed by atoms with E-state index < -0.39 is 34.0 Å². The van der Waals surface area contributed by atoms with E-state index in [0.717, 1.165) is 21.9 Å². The molecule has 6 rings (SSSR count). The molecule has 1 saturated heterocycles. The Morgan fingerprint density at radius 3 is 2.78 bits per heavy atom. The Hall–Kier alpha value is -4.37. The summed E-state index contributed by atoms with van der Waals surface area (Å²) in [6, 6.07) is 5.40. The number of thiazole rings is 1. The van der Waals surface area contributed by atoms with Crippen LogP contribution in [-0.4, -0.2) is 106 Å². The molecule has 2 aliphatic rings. The Morgan fingerprint density at radius 2 is 2.02 bits per heavy atom. The molecule has 1 fully saturated rings. The van der Waals surface area contributed by atoms with Gasteiger partial charge in [0.1, 0.15) is 16.1 Å². The summed E-state index contributed by atoms with van der Waals surface area (Å²) in [5, 5.41) is 30.7. The lowest BCUT2D eigenvalue weighted by Gasteiger charge is -2.39. The minimum Gasteiger partial charge on any atom is -0.453 e. The number of sulfonamides is 1. The van der Waals surface area contributed by atoms with Crippen LogP contribution in [0.25, 0.3) is 10.1 Å². The summed E-state index contributed by atoms with van der Waals surface area (Å²) >= 11 is 2.31. The van der Waals surface area contributed by atoms with Gasteiger partial charge in [0.05, 0.1) is 19.3 Å². The number of rotatable bonds is 7. The van der Waals surface area contributed by atoms with Gasteiger partial charge in [0.2, 0.25) is 5.91 Å². The Kier molecular flexibility index (Phi) is 8.79. The van der Waals surface area contributed by atoms with Crippen molar-refractivity contribution >= 4 is 66.5 Å². The molecule has 1 aromatic carbocycles. The fraction of sp³-hybridized carbons (Fsp3) is 0.385. The number of hydrogen-bond donors (Lipinski definition) is 5. The zero-order chi connectivity index (χ0) is 32.6. The Morgan fingerprint density at radius 1 is 1.20 bits per heavy atom. The molecular weight excluding hydrogens is 659 g/mol. The number of benzene rings is 1. The fourth-order valence-corrected chi connectivity index (χ4v) is 9.13. The van der Waals surface area contributed by atoms with Crippen molar-refractivity contribution in [3.63, 3.8) is 0 Å². The van der Waals surface area contributed by atoms with Gasteiger partial charge in [-0.05, 0) is 36.6 Å². The highest BCUT2D eigenvalue weighted by molar-refractivity contribution is 7.91. The Labute approximate surface area is 270 Å². The molecule has 5 N–H and O–H groups in total. The van der Waals surface area contributed by atoms with Gasteiger partial charge in [-0.1, -0.05) is 5.21 Å². The summed E-state index contributed by atoms with van der Waals surface area (Å²) < 4.78 is 34.2. The number of hydrogen-bond acceptors (Lipinski definition) is 14. The highest BCUT2D eigenvalue weighted by Gasteiger charge is 2.41. The van der Waals surface area contributed by atoms with Crippen molar-refractivity contribution in [1.82, 2.24) is 50.8 Å². The van der Waals surface area contributed by atoms with Gasteiger partial charge in [0.15, 0.2) is 10.8 Å². The summed E-state index contributed by atoms with van der Waals surface area (Å²) in [6.07, 6.45) is -0.118. The summed E-state index contributed by atoms with van der Waals surface area (Å²) in [6.45, 7) is 2.19. The summed E-state index contributed by atoms with van der Waals surface area (Å²) in [5.41, 5.74) is 1.21. The number of methoxy groups -OCH3 is 1. The molecule has 3 aromatic heterocycles. The molecule has 3 amide bonds. The maximum Gasteiger partial charge on any atom is 0.412 e. The number of alkyl carbamates (subject to hydrolysis) is 1. The molecule has 0 aliphatic carbocycles. The van der Waals surface area contributed by atoms with Gasteiger partial charge in [-0.25, -0.2) is 18.2 Å². The maximum atomic E-state index is 13.9. The highest BCUT2D eigenvalue weighted by Crippen LogP contribution is 2.33. The van der Waals surface area contributed by atoms with E-state index >= 15 is 0 Å². The molecule has 4 aromatic rings. The molecular formula is C26H29N11O6S3. The number of aromatic amines is 1. The first kappa shape index (κ1) is 31.6. The van der Waals surface area contributed by atoms with Gasteiger partial charge in [-0.2, -0.15) is 9.52 Å². The van der Waals surface area contributed by atoms with Crippen molar-refractivity contribution in [2.45, 2.75) is 42.7 Å². The number of fused-ring (bicyclic) bond motifs is 2. The van der Waals surface area contributed by atoms with E-state index in [1.54, 1.807) is 18.2 Å². The van der Waals surface area contributed by atoms with E-state index in [9.17, 15) is 22.8 Å². The number of aromatic nitrogens is 5. The molecule has 0 spiro atoms. The van der Waals surface area contributed by atoms with Gasteiger partial charge < -0.3 is 20.3 Å². The van der Waals surface area contributed by atoms with Crippen LogP contribution in [0.1, 0.15) is 38.7 Å². The molecule has 242 valence electrons. The number of thiophene rings is 1. The molecule has 2 atom stereocenters. The predicted molar refractivity (Wildman–Crippen MR) is 166 cm³/mol. The fourth-order valence-electron chi connectivity index (χ4n) is 5.16. The molecule has 0 radical (unpaired) electrons. The Bertz CT molecular complexity index is 1920. The van der Waals surface area contributed by atoms with Gasteiger partial charge >= 0.3 is 6.09 Å². The third kappa shape index (κ3) is 6.33. The number of amides is 3. The van der Waals surface area contributed by atoms with Crippen LogP contribution in [0.2, 0.25) is 0 Å². The largest absolute Gasteiger partial charge is 0.453 e. The SMILES string of the molecule is COC(=O)NC(=N)c1ccc2sc(S(=O)(=O)N3CCN(C(=O)c4nc5c(s4)CNC(C)C5)C(C(=O)NCc4nn[nH]n4)C3)cc2c1. The number of nitrogens with zero attached hydrogens (tertiary/aromatic N) is 6. The second kappa shape index (κ2) is 12.8. The normalized spacial score (nSPS) is 18.6. The number of H-pyrrole nitrogens is 1. The summed E-state index contributed by atoms with van der Waals surface area (Å²) in [5.74, 6) is -1.000. The maximum absolute atomic E-state index is 13.9. The average Bonchev–Trinajstić information content (AvgIpc) is 3.82. The standard InChI is InChI=1S/C26H29N11O6S3/c1-13-7-16-19(10-28-13)45-24(30-16)25(39)37-6-5-36(12-17(37)23(38)29-11-20-32-34-35-33-20)46(41,42)21-9-15-8-14(3-4-18(15)44-21)22(27)31-26(40)43-2/h3-4,8-9,13,17,28H,5-7,10-12H2,1-2H3,(H,29,38)(H2,27,31,40)(H,32,33,34,35). The predicted octanol–water partition coefficient (Wildman–Crippen LogP) is 0.418. The van der Waals surface area contributed by atoms with Crippen molar-refractivity contribution in [2.24, 2.45) is 0 Å². The van der Waals surface area contributed by atoms with Crippen molar-refractivity contribution in [1.29, 1.82) is 5.41 Å². The van der Waals surface area contributed by atoms with Crippen LogP contribution in [0.3, 0.4) is 0 Å². The van der Waals surface area contributed by atoms with Crippen molar-refractivity contribution in [3.05, 3.63) is 51.2 Å².